The van der Waals surface area contributed by atoms with E-state index < -0.39 is 0 Å². The van der Waals surface area contributed by atoms with Gasteiger partial charge in [-0.25, -0.2) is 4.98 Å². The molecule has 102 valence electrons. The number of nitrogens with two attached hydrogens (primary N) is 1. The van der Waals surface area contributed by atoms with Crippen LogP contribution in [-0.4, -0.2) is 12.1 Å². The third kappa shape index (κ3) is 2.80. The molecule has 2 aromatic rings. The minimum atomic E-state index is 0.0124. The Kier molecular flexibility index (Phi) is 4.22. The lowest BCUT2D eigenvalue weighted by Crippen LogP contribution is -2.06. The molecule has 4 heteroatoms. The zero-order valence-corrected chi connectivity index (χ0v) is 12.6. The Morgan fingerprint density at radius 1 is 1.21 bits per heavy atom. The van der Waals surface area contributed by atoms with Gasteiger partial charge in [0.25, 0.3) is 0 Å². The number of methoxy groups -OCH3 is 1. The fraction of sp³-hybridized carbons (Fsp3) is 0.400. The molecular weight excluding hydrogens is 256 g/mol. The van der Waals surface area contributed by atoms with Crippen LogP contribution in [0.4, 0.5) is 0 Å². The molecule has 2 N–H and O–H groups in total. The Morgan fingerprint density at radius 3 is 2.42 bits per heavy atom. The summed E-state index contributed by atoms with van der Waals surface area (Å²) in [6.07, 6.45) is 0. The number of hydrogen-bond donors (Lipinski definition) is 1. The first-order chi connectivity index (χ1) is 9.04. The number of ether oxygens (including phenoxy) is 1. The van der Waals surface area contributed by atoms with Crippen LogP contribution >= 0.6 is 11.3 Å². The van der Waals surface area contributed by atoms with E-state index in [1.165, 1.54) is 0 Å². The number of aromatic nitrogens is 1. The normalized spacial score (nSPS) is 12.7. The fourth-order valence-electron chi connectivity index (χ4n) is 2.02. The summed E-state index contributed by atoms with van der Waals surface area (Å²) in [5.74, 6) is 1.23. The van der Waals surface area contributed by atoms with Gasteiger partial charge in [0, 0.05) is 10.9 Å². The Labute approximate surface area is 118 Å². The first-order valence-electron chi connectivity index (χ1n) is 6.44. The van der Waals surface area contributed by atoms with Gasteiger partial charge in [-0.15, -0.1) is 11.3 Å². The highest BCUT2D eigenvalue weighted by molar-refractivity contribution is 7.15. The van der Waals surface area contributed by atoms with Crippen molar-refractivity contribution < 1.29 is 4.74 Å². The van der Waals surface area contributed by atoms with Gasteiger partial charge in [0.15, 0.2) is 0 Å². The maximum atomic E-state index is 6.05. The predicted octanol–water partition coefficient (Wildman–Crippen LogP) is 3.96. The van der Waals surface area contributed by atoms with Crippen LogP contribution in [0.25, 0.3) is 10.6 Å². The van der Waals surface area contributed by atoms with Gasteiger partial charge in [-0.2, -0.15) is 0 Å². The van der Waals surface area contributed by atoms with Crippen molar-refractivity contribution in [2.75, 3.05) is 7.11 Å². The van der Waals surface area contributed by atoms with E-state index in [4.69, 9.17) is 15.5 Å². The molecule has 1 atom stereocenters. The molecule has 0 amide bonds. The van der Waals surface area contributed by atoms with Gasteiger partial charge in [0.2, 0.25) is 0 Å². The van der Waals surface area contributed by atoms with Crippen molar-refractivity contribution in [1.82, 2.24) is 4.98 Å². The number of hydrogen-bond acceptors (Lipinski definition) is 4. The van der Waals surface area contributed by atoms with Crippen LogP contribution in [0.1, 0.15) is 43.3 Å². The molecule has 0 fully saturated rings. The highest BCUT2D eigenvalue weighted by Gasteiger charge is 2.19. The van der Waals surface area contributed by atoms with E-state index >= 15 is 0 Å². The molecule has 1 heterocycles. The lowest BCUT2D eigenvalue weighted by molar-refractivity contribution is 0.416. The van der Waals surface area contributed by atoms with Crippen LogP contribution in [0.5, 0.6) is 5.75 Å². The van der Waals surface area contributed by atoms with Crippen LogP contribution in [0, 0.1) is 0 Å². The smallest absolute Gasteiger partial charge is 0.129 e. The molecule has 2 rings (SSSR count). The highest BCUT2D eigenvalue weighted by atomic mass is 32.1. The van der Waals surface area contributed by atoms with Crippen molar-refractivity contribution in [3.63, 3.8) is 0 Å². The van der Waals surface area contributed by atoms with Crippen molar-refractivity contribution in [2.24, 2.45) is 5.73 Å². The molecule has 1 aromatic heterocycles. The molecular formula is C15H20N2OS. The first-order valence-corrected chi connectivity index (χ1v) is 7.25. The van der Waals surface area contributed by atoms with Crippen molar-refractivity contribution in [1.29, 1.82) is 0 Å². The highest BCUT2D eigenvalue weighted by Crippen LogP contribution is 2.38. The summed E-state index contributed by atoms with van der Waals surface area (Å²) in [6.45, 7) is 6.30. The summed E-state index contributed by atoms with van der Waals surface area (Å²) >= 11 is 1.66. The second-order valence-corrected chi connectivity index (χ2v) is 5.94. The molecule has 0 bridgehead atoms. The molecule has 0 aliphatic carbocycles. The van der Waals surface area contributed by atoms with Crippen LogP contribution < -0.4 is 10.5 Å². The van der Waals surface area contributed by atoms with Crippen molar-refractivity contribution in [2.45, 2.75) is 32.7 Å². The largest absolute Gasteiger partial charge is 0.496 e. The summed E-state index contributed by atoms with van der Waals surface area (Å²) in [5, 5.41) is 0.980. The van der Waals surface area contributed by atoms with E-state index in [1.807, 2.05) is 31.2 Å². The van der Waals surface area contributed by atoms with Crippen LogP contribution in [0.3, 0.4) is 0 Å². The SMILES string of the molecule is COc1ccccc1-c1nc(C(C)C)c(C(C)N)s1. The van der Waals surface area contributed by atoms with Gasteiger partial charge in [-0.1, -0.05) is 26.0 Å². The molecule has 3 nitrogen and oxygen atoms in total. The topological polar surface area (TPSA) is 48.1 Å². The van der Waals surface area contributed by atoms with Gasteiger partial charge in [0.1, 0.15) is 10.8 Å². The van der Waals surface area contributed by atoms with Crippen LogP contribution in [0.15, 0.2) is 24.3 Å². The second kappa shape index (κ2) is 5.72. The van der Waals surface area contributed by atoms with Crippen molar-refractivity contribution >= 4 is 11.3 Å². The Bertz CT molecular complexity index is 536. The Morgan fingerprint density at radius 2 is 1.89 bits per heavy atom. The summed E-state index contributed by atoms with van der Waals surface area (Å²) in [7, 11) is 1.68. The van der Waals surface area contributed by atoms with Gasteiger partial charge >= 0.3 is 0 Å². The van der Waals surface area contributed by atoms with E-state index in [2.05, 4.69) is 13.8 Å². The quantitative estimate of drug-likeness (QED) is 0.919. The van der Waals surface area contributed by atoms with E-state index in [1.54, 1.807) is 18.4 Å². The molecule has 0 spiro atoms. The van der Waals surface area contributed by atoms with E-state index in [0.29, 0.717) is 5.92 Å². The van der Waals surface area contributed by atoms with E-state index in [0.717, 1.165) is 26.9 Å². The third-order valence-electron chi connectivity index (χ3n) is 2.98. The van der Waals surface area contributed by atoms with Crippen LogP contribution in [-0.2, 0) is 0 Å². The number of rotatable bonds is 4. The molecule has 1 unspecified atom stereocenters. The fourth-order valence-corrected chi connectivity index (χ4v) is 3.22. The van der Waals surface area contributed by atoms with Crippen LogP contribution in [0.2, 0.25) is 0 Å². The second-order valence-electron chi connectivity index (χ2n) is 4.91. The van der Waals surface area contributed by atoms with E-state index in [9.17, 15) is 0 Å². The standard InChI is InChI=1S/C15H20N2OS/c1-9(2)13-14(10(3)16)19-15(17-13)11-7-5-6-8-12(11)18-4/h5-10H,16H2,1-4H3. The first kappa shape index (κ1) is 14.0. The minimum absolute atomic E-state index is 0.0124. The van der Waals surface area contributed by atoms with Gasteiger partial charge in [-0.3, -0.25) is 0 Å². The van der Waals surface area contributed by atoms with Gasteiger partial charge in [-0.05, 0) is 25.0 Å². The molecule has 0 aliphatic heterocycles. The summed E-state index contributed by atoms with van der Waals surface area (Å²) in [5.41, 5.74) is 8.18. The minimum Gasteiger partial charge on any atom is -0.496 e. The lowest BCUT2D eigenvalue weighted by atomic mass is 10.1. The number of benzene rings is 1. The average molecular weight is 276 g/mol. The number of nitrogens with zero attached hydrogens (tertiary/aromatic N) is 1. The summed E-state index contributed by atoms with van der Waals surface area (Å²) in [4.78, 5) is 5.93. The zero-order valence-electron chi connectivity index (χ0n) is 11.8. The predicted molar refractivity (Wildman–Crippen MR) is 80.8 cm³/mol. The molecule has 0 aliphatic rings. The summed E-state index contributed by atoms with van der Waals surface area (Å²) in [6, 6.07) is 7.97. The monoisotopic (exact) mass is 276 g/mol. The average Bonchev–Trinajstić information content (AvgIpc) is 2.84. The third-order valence-corrected chi connectivity index (χ3v) is 4.28. The van der Waals surface area contributed by atoms with E-state index in [-0.39, 0.29) is 6.04 Å². The zero-order chi connectivity index (χ0) is 14.0. The molecule has 19 heavy (non-hydrogen) atoms. The molecule has 0 saturated heterocycles. The maximum Gasteiger partial charge on any atom is 0.129 e. The molecule has 1 aromatic carbocycles. The van der Waals surface area contributed by atoms with Crippen molar-refractivity contribution in [3.8, 4) is 16.3 Å². The molecule has 0 saturated carbocycles. The van der Waals surface area contributed by atoms with Crippen molar-refractivity contribution in [3.05, 3.63) is 34.8 Å². The van der Waals surface area contributed by atoms with Gasteiger partial charge in [0.05, 0.1) is 18.4 Å². The lowest BCUT2D eigenvalue weighted by Gasteiger charge is -2.07. The summed E-state index contributed by atoms with van der Waals surface area (Å²) < 4.78 is 5.41. The number of thiazole rings is 1. The Balaban J connectivity index is 2.54. The number of para-hydroxylation sites is 1. The molecule has 0 radical (unpaired) electrons. The maximum absolute atomic E-state index is 6.05. The Hall–Kier alpha value is -1.39. The van der Waals surface area contributed by atoms with Gasteiger partial charge < -0.3 is 10.5 Å².